The van der Waals surface area contributed by atoms with Crippen LogP contribution >= 0.6 is 23.2 Å². The van der Waals surface area contributed by atoms with E-state index in [1.165, 1.54) is 18.2 Å². The molecule has 7 nitrogen and oxygen atoms in total. The molecule has 0 bridgehead atoms. The van der Waals surface area contributed by atoms with E-state index in [0.717, 1.165) is 5.56 Å². The summed E-state index contributed by atoms with van der Waals surface area (Å²) in [6.07, 6.45) is 1.72. The first-order chi connectivity index (χ1) is 12.8. The van der Waals surface area contributed by atoms with E-state index in [1.54, 1.807) is 36.0 Å². The van der Waals surface area contributed by atoms with Gasteiger partial charge in [0.05, 0.1) is 21.5 Å². The molecule has 0 saturated carbocycles. The lowest BCUT2D eigenvalue weighted by Crippen LogP contribution is -2.13. The highest BCUT2D eigenvalue weighted by molar-refractivity contribution is 6.42. The maximum Gasteiger partial charge on any atom is 0.272 e. The van der Waals surface area contributed by atoms with Crippen molar-refractivity contribution in [3.05, 3.63) is 85.5 Å². The first-order valence-corrected chi connectivity index (χ1v) is 8.63. The van der Waals surface area contributed by atoms with Crippen LogP contribution in [0.4, 0.5) is 11.5 Å². The quantitative estimate of drug-likeness (QED) is 0.492. The number of aryl methyl sites for hydroxylation is 1. The molecule has 9 heteroatoms. The van der Waals surface area contributed by atoms with E-state index in [2.05, 4.69) is 10.4 Å². The molecule has 3 rings (SSSR count). The number of hydrogen-bond acceptors (Lipinski definition) is 4. The fourth-order valence-corrected chi connectivity index (χ4v) is 2.85. The van der Waals surface area contributed by atoms with Crippen LogP contribution in [0.1, 0.15) is 21.5 Å². The maximum atomic E-state index is 12.3. The zero-order valence-corrected chi connectivity index (χ0v) is 15.7. The Hall–Kier alpha value is -2.90. The number of halogens is 2. The highest BCUT2D eigenvalue weighted by atomic mass is 35.5. The molecule has 0 fully saturated rings. The fraction of sp³-hybridized carbons (Fsp3) is 0.111. The first-order valence-electron chi connectivity index (χ1n) is 7.87. The molecule has 0 radical (unpaired) electrons. The number of benzene rings is 2. The van der Waals surface area contributed by atoms with Gasteiger partial charge in [0.2, 0.25) is 0 Å². The Labute approximate surface area is 164 Å². The van der Waals surface area contributed by atoms with Crippen molar-refractivity contribution < 1.29 is 9.72 Å². The third-order valence-electron chi connectivity index (χ3n) is 3.87. The molecule has 0 aliphatic heterocycles. The number of hydrogen-bond donors (Lipinski definition) is 1. The second-order valence-electron chi connectivity index (χ2n) is 5.86. The molecule has 138 valence electrons. The largest absolute Gasteiger partial charge is 0.305 e. The second kappa shape index (κ2) is 7.77. The highest BCUT2D eigenvalue weighted by Gasteiger charge is 2.14. The van der Waals surface area contributed by atoms with Gasteiger partial charge in [-0.1, -0.05) is 29.3 Å². The van der Waals surface area contributed by atoms with E-state index >= 15 is 0 Å². The summed E-state index contributed by atoms with van der Waals surface area (Å²) < 4.78 is 1.65. The van der Waals surface area contributed by atoms with Crippen LogP contribution in [0.3, 0.4) is 0 Å². The average molecular weight is 405 g/mol. The van der Waals surface area contributed by atoms with Crippen molar-refractivity contribution in [2.24, 2.45) is 0 Å². The summed E-state index contributed by atoms with van der Waals surface area (Å²) in [5.74, 6) is -0.0242. The predicted molar refractivity (Wildman–Crippen MR) is 104 cm³/mol. The minimum absolute atomic E-state index is 0.0301. The smallest absolute Gasteiger partial charge is 0.272 e. The van der Waals surface area contributed by atoms with Gasteiger partial charge in [-0.05, 0) is 36.8 Å². The van der Waals surface area contributed by atoms with Crippen LogP contribution in [-0.2, 0) is 6.54 Å². The average Bonchev–Trinajstić information content (AvgIpc) is 3.04. The lowest BCUT2D eigenvalue weighted by Gasteiger charge is -2.05. The molecular formula is C18H14Cl2N4O3. The van der Waals surface area contributed by atoms with E-state index in [1.807, 2.05) is 6.07 Å². The lowest BCUT2D eigenvalue weighted by molar-refractivity contribution is -0.385. The Bertz CT molecular complexity index is 1030. The van der Waals surface area contributed by atoms with Gasteiger partial charge in [-0.2, -0.15) is 5.10 Å². The van der Waals surface area contributed by atoms with Gasteiger partial charge < -0.3 is 5.32 Å². The van der Waals surface area contributed by atoms with Crippen LogP contribution in [-0.4, -0.2) is 20.6 Å². The van der Waals surface area contributed by atoms with Crippen molar-refractivity contribution in [1.29, 1.82) is 0 Å². The molecule has 1 amide bonds. The summed E-state index contributed by atoms with van der Waals surface area (Å²) >= 11 is 11.9. The van der Waals surface area contributed by atoms with Gasteiger partial charge in [0.1, 0.15) is 0 Å². The minimum Gasteiger partial charge on any atom is -0.305 e. The van der Waals surface area contributed by atoms with Crippen molar-refractivity contribution >= 4 is 40.6 Å². The lowest BCUT2D eigenvalue weighted by atomic mass is 10.1. The number of nitro groups is 1. The number of rotatable bonds is 5. The molecule has 3 aromatic rings. The second-order valence-corrected chi connectivity index (χ2v) is 6.67. The number of anilines is 1. The third-order valence-corrected chi connectivity index (χ3v) is 4.61. The summed E-state index contributed by atoms with van der Waals surface area (Å²) in [4.78, 5) is 22.7. The van der Waals surface area contributed by atoms with Gasteiger partial charge >= 0.3 is 0 Å². The summed E-state index contributed by atoms with van der Waals surface area (Å²) in [6.45, 7) is 2.05. The molecular weight excluding hydrogens is 391 g/mol. The van der Waals surface area contributed by atoms with Crippen LogP contribution in [0.2, 0.25) is 10.0 Å². The zero-order chi connectivity index (χ0) is 19.6. The van der Waals surface area contributed by atoms with Crippen LogP contribution in [0, 0.1) is 17.0 Å². The van der Waals surface area contributed by atoms with Gasteiger partial charge in [0, 0.05) is 29.5 Å². The SMILES string of the molecule is Cc1cc(C(=O)Nc2ccn(Cc3ccc(Cl)c(Cl)c3)n2)ccc1[N+](=O)[O-]. The summed E-state index contributed by atoms with van der Waals surface area (Å²) in [7, 11) is 0. The van der Waals surface area contributed by atoms with Crippen molar-refractivity contribution in [3.8, 4) is 0 Å². The van der Waals surface area contributed by atoms with Crippen LogP contribution < -0.4 is 5.32 Å². The topological polar surface area (TPSA) is 90.1 Å². The van der Waals surface area contributed by atoms with Crippen LogP contribution in [0.15, 0.2) is 48.7 Å². The van der Waals surface area contributed by atoms with E-state index in [-0.39, 0.29) is 5.69 Å². The molecule has 0 unspecified atom stereocenters. The number of carbonyl (C=O) groups is 1. The number of nitrogens with one attached hydrogen (secondary N) is 1. The molecule has 0 spiro atoms. The first kappa shape index (κ1) is 18.9. The summed E-state index contributed by atoms with van der Waals surface area (Å²) in [5, 5.41) is 18.8. The van der Waals surface area contributed by atoms with Crippen molar-refractivity contribution in [1.82, 2.24) is 9.78 Å². The van der Waals surface area contributed by atoms with E-state index in [4.69, 9.17) is 23.2 Å². The van der Waals surface area contributed by atoms with Crippen LogP contribution in [0.5, 0.6) is 0 Å². The molecule has 1 N–H and O–H groups in total. The normalized spacial score (nSPS) is 10.6. The molecule has 0 atom stereocenters. The Morgan fingerprint density at radius 1 is 1.19 bits per heavy atom. The fourth-order valence-electron chi connectivity index (χ4n) is 2.53. The number of nitro benzene ring substituents is 1. The zero-order valence-electron chi connectivity index (χ0n) is 14.1. The number of aromatic nitrogens is 2. The molecule has 0 saturated heterocycles. The molecule has 2 aromatic carbocycles. The third kappa shape index (κ3) is 4.45. The van der Waals surface area contributed by atoms with Gasteiger partial charge in [-0.15, -0.1) is 0 Å². The summed E-state index contributed by atoms with van der Waals surface area (Å²) in [6, 6.07) is 11.2. The maximum absolute atomic E-state index is 12.3. The number of carbonyl (C=O) groups excluding carboxylic acids is 1. The van der Waals surface area contributed by atoms with E-state index in [0.29, 0.717) is 33.5 Å². The van der Waals surface area contributed by atoms with Crippen LogP contribution in [0.25, 0.3) is 0 Å². The standard InChI is InChI=1S/C18H14Cl2N4O3/c1-11-8-13(3-5-16(11)24(26)27)18(25)21-17-6-7-23(22-17)10-12-2-4-14(19)15(20)9-12/h2-9H,10H2,1H3,(H,21,22,25). The predicted octanol–water partition coefficient (Wildman–Crippen LogP) is 4.71. The van der Waals surface area contributed by atoms with Crippen molar-refractivity contribution in [3.63, 3.8) is 0 Å². The van der Waals surface area contributed by atoms with Gasteiger partial charge in [0.15, 0.2) is 5.82 Å². The van der Waals surface area contributed by atoms with Crippen molar-refractivity contribution in [2.45, 2.75) is 13.5 Å². The van der Waals surface area contributed by atoms with Crippen molar-refractivity contribution in [2.75, 3.05) is 5.32 Å². The Balaban J connectivity index is 1.70. The Morgan fingerprint density at radius 2 is 1.96 bits per heavy atom. The molecule has 27 heavy (non-hydrogen) atoms. The molecule has 1 heterocycles. The van der Waals surface area contributed by atoms with Gasteiger partial charge in [-0.25, -0.2) is 0 Å². The van der Waals surface area contributed by atoms with Gasteiger partial charge in [0.25, 0.3) is 11.6 Å². The Kier molecular flexibility index (Phi) is 5.43. The minimum atomic E-state index is -0.484. The van der Waals surface area contributed by atoms with Gasteiger partial charge in [-0.3, -0.25) is 19.6 Å². The Morgan fingerprint density at radius 3 is 2.63 bits per heavy atom. The summed E-state index contributed by atoms with van der Waals surface area (Å²) in [5.41, 5.74) is 1.61. The number of amides is 1. The van der Waals surface area contributed by atoms with E-state index < -0.39 is 10.8 Å². The van der Waals surface area contributed by atoms with E-state index in [9.17, 15) is 14.9 Å². The monoisotopic (exact) mass is 404 g/mol. The molecule has 1 aromatic heterocycles. The highest BCUT2D eigenvalue weighted by Crippen LogP contribution is 2.23. The molecule has 0 aliphatic carbocycles. The number of nitrogens with zero attached hydrogens (tertiary/aromatic N) is 3. The molecule has 0 aliphatic rings.